The van der Waals surface area contributed by atoms with Crippen LogP contribution < -0.4 is 5.32 Å². The van der Waals surface area contributed by atoms with E-state index in [1.165, 1.54) is 7.11 Å². The maximum Gasteiger partial charge on any atom is 0.306 e. The van der Waals surface area contributed by atoms with Gasteiger partial charge in [0.2, 0.25) is 5.91 Å². The standard InChI is InChI=1S/C18H24N2O4/c1-13-5-3-4-6-15(13)18(23)19-14-9-11-20(12-10-14)16(21)7-8-17(22)24-2/h3-6,14H,7-12H2,1-2H3,(H,19,23). The number of hydrogen-bond acceptors (Lipinski definition) is 4. The summed E-state index contributed by atoms with van der Waals surface area (Å²) in [5.74, 6) is -0.476. The van der Waals surface area contributed by atoms with Crippen molar-refractivity contribution in [1.82, 2.24) is 10.2 Å². The van der Waals surface area contributed by atoms with Crippen molar-refractivity contribution in [3.63, 3.8) is 0 Å². The first-order chi connectivity index (χ1) is 11.5. The molecular formula is C18H24N2O4. The minimum atomic E-state index is -0.372. The molecule has 0 spiro atoms. The molecule has 6 heteroatoms. The van der Waals surface area contributed by atoms with Crippen molar-refractivity contribution in [3.05, 3.63) is 35.4 Å². The van der Waals surface area contributed by atoms with Crippen LogP contribution in [0.1, 0.15) is 41.6 Å². The van der Waals surface area contributed by atoms with Gasteiger partial charge in [0.05, 0.1) is 13.5 Å². The van der Waals surface area contributed by atoms with E-state index in [0.717, 1.165) is 18.4 Å². The van der Waals surface area contributed by atoms with Crippen molar-refractivity contribution in [2.24, 2.45) is 0 Å². The molecule has 0 unspecified atom stereocenters. The molecule has 6 nitrogen and oxygen atoms in total. The van der Waals surface area contributed by atoms with Crippen molar-refractivity contribution in [2.45, 2.75) is 38.6 Å². The zero-order chi connectivity index (χ0) is 17.5. The van der Waals surface area contributed by atoms with Crippen LogP contribution >= 0.6 is 0 Å². The van der Waals surface area contributed by atoms with Crippen LogP contribution in [0.5, 0.6) is 0 Å². The van der Waals surface area contributed by atoms with Gasteiger partial charge in [-0.05, 0) is 31.4 Å². The Hall–Kier alpha value is -2.37. The van der Waals surface area contributed by atoms with Crippen LogP contribution in [0.15, 0.2) is 24.3 Å². The van der Waals surface area contributed by atoms with Gasteiger partial charge in [-0.15, -0.1) is 0 Å². The lowest BCUT2D eigenvalue weighted by molar-refractivity contribution is -0.143. The zero-order valence-corrected chi connectivity index (χ0v) is 14.2. The monoisotopic (exact) mass is 332 g/mol. The number of nitrogens with zero attached hydrogens (tertiary/aromatic N) is 1. The average molecular weight is 332 g/mol. The molecule has 0 radical (unpaired) electrons. The molecule has 1 fully saturated rings. The Labute approximate surface area is 142 Å². The normalized spacial score (nSPS) is 15.0. The van der Waals surface area contributed by atoms with Crippen LogP contribution in [0.2, 0.25) is 0 Å². The molecule has 0 saturated carbocycles. The van der Waals surface area contributed by atoms with Crippen LogP contribution in [-0.4, -0.2) is 48.9 Å². The third-order valence-corrected chi connectivity index (χ3v) is 4.34. The number of amides is 2. The number of nitrogens with one attached hydrogen (secondary N) is 1. The highest BCUT2D eigenvalue weighted by molar-refractivity contribution is 5.95. The van der Waals surface area contributed by atoms with Gasteiger partial charge in [0.1, 0.15) is 0 Å². The van der Waals surface area contributed by atoms with Crippen LogP contribution in [0, 0.1) is 6.92 Å². The molecule has 2 rings (SSSR count). The third-order valence-electron chi connectivity index (χ3n) is 4.34. The van der Waals surface area contributed by atoms with Crippen molar-refractivity contribution >= 4 is 17.8 Å². The highest BCUT2D eigenvalue weighted by Crippen LogP contribution is 2.14. The number of carbonyl (C=O) groups is 3. The quantitative estimate of drug-likeness (QED) is 0.832. The molecule has 1 aliphatic rings. The van der Waals surface area contributed by atoms with E-state index in [0.29, 0.717) is 18.7 Å². The molecule has 0 aliphatic carbocycles. The first-order valence-electron chi connectivity index (χ1n) is 8.22. The highest BCUT2D eigenvalue weighted by atomic mass is 16.5. The second kappa shape index (κ2) is 8.47. The molecule has 0 aromatic heterocycles. The summed E-state index contributed by atoms with van der Waals surface area (Å²) in [6, 6.07) is 7.56. The second-order valence-electron chi connectivity index (χ2n) is 6.02. The number of ether oxygens (including phenoxy) is 1. The predicted octanol–water partition coefficient (Wildman–Crippen LogP) is 1.67. The maximum atomic E-state index is 12.3. The van der Waals surface area contributed by atoms with Gasteiger partial charge in [0, 0.05) is 31.1 Å². The van der Waals surface area contributed by atoms with E-state index in [-0.39, 0.29) is 36.7 Å². The molecule has 1 heterocycles. The number of methoxy groups -OCH3 is 1. The van der Waals surface area contributed by atoms with Gasteiger partial charge in [0.25, 0.3) is 5.91 Å². The van der Waals surface area contributed by atoms with Crippen LogP contribution in [-0.2, 0) is 14.3 Å². The zero-order valence-electron chi connectivity index (χ0n) is 14.2. The molecule has 1 aromatic carbocycles. The number of piperidine rings is 1. The number of rotatable bonds is 5. The number of hydrogen-bond donors (Lipinski definition) is 1. The minimum Gasteiger partial charge on any atom is -0.469 e. The van der Waals surface area contributed by atoms with E-state index in [2.05, 4.69) is 10.1 Å². The summed E-state index contributed by atoms with van der Waals surface area (Å²) >= 11 is 0. The molecule has 1 saturated heterocycles. The lowest BCUT2D eigenvalue weighted by Gasteiger charge is -2.32. The first kappa shape index (κ1) is 18.0. The Morgan fingerprint density at radius 3 is 2.46 bits per heavy atom. The van der Waals surface area contributed by atoms with Gasteiger partial charge in [0.15, 0.2) is 0 Å². The minimum absolute atomic E-state index is 0.0379. The fourth-order valence-electron chi connectivity index (χ4n) is 2.83. The summed E-state index contributed by atoms with van der Waals surface area (Å²) in [7, 11) is 1.31. The molecular weight excluding hydrogens is 308 g/mol. The van der Waals surface area contributed by atoms with Gasteiger partial charge in [-0.2, -0.15) is 0 Å². The number of esters is 1. The van der Waals surface area contributed by atoms with Crippen LogP contribution in [0.3, 0.4) is 0 Å². The smallest absolute Gasteiger partial charge is 0.306 e. The topological polar surface area (TPSA) is 75.7 Å². The van der Waals surface area contributed by atoms with E-state index in [1.807, 2.05) is 31.2 Å². The largest absolute Gasteiger partial charge is 0.469 e. The Bertz CT molecular complexity index is 607. The highest BCUT2D eigenvalue weighted by Gasteiger charge is 2.24. The van der Waals surface area contributed by atoms with Gasteiger partial charge in [-0.1, -0.05) is 18.2 Å². The summed E-state index contributed by atoms with van der Waals surface area (Å²) in [5, 5.41) is 3.04. The van der Waals surface area contributed by atoms with E-state index in [1.54, 1.807) is 4.90 Å². The summed E-state index contributed by atoms with van der Waals surface area (Å²) in [6.07, 6.45) is 1.73. The molecule has 1 N–H and O–H groups in total. The molecule has 1 aromatic rings. The Balaban J connectivity index is 1.78. The Morgan fingerprint density at radius 1 is 1.17 bits per heavy atom. The van der Waals surface area contributed by atoms with Crippen LogP contribution in [0.25, 0.3) is 0 Å². The van der Waals surface area contributed by atoms with E-state index in [9.17, 15) is 14.4 Å². The van der Waals surface area contributed by atoms with Gasteiger partial charge in [-0.25, -0.2) is 0 Å². The number of carbonyl (C=O) groups excluding carboxylic acids is 3. The van der Waals surface area contributed by atoms with Crippen molar-refractivity contribution < 1.29 is 19.1 Å². The Kier molecular flexibility index (Phi) is 6.35. The Morgan fingerprint density at radius 2 is 1.83 bits per heavy atom. The van der Waals surface area contributed by atoms with E-state index < -0.39 is 0 Å². The van der Waals surface area contributed by atoms with Crippen molar-refractivity contribution in [3.8, 4) is 0 Å². The molecule has 0 bridgehead atoms. The van der Waals surface area contributed by atoms with Crippen molar-refractivity contribution in [2.75, 3.05) is 20.2 Å². The van der Waals surface area contributed by atoms with Crippen LogP contribution in [0.4, 0.5) is 0 Å². The molecule has 24 heavy (non-hydrogen) atoms. The third kappa shape index (κ3) is 4.81. The first-order valence-corrected chi connectivity index (χ1v) is 8.22. The summed E-state index contributed by atoms with van der Waals surface area (Å²) in [6.45, 7) is 3.11. The fraction of sp³-hybridized carbons (Fsp3) is 0.500. The lowest BCUT2D eigenvalue weighted by atomic mass is 10.0. The maximum absolute atomic E-state index is 12.3. The lowest BCUT2D eigenvalue weighted by Crippen LogP contribution is -2.46. The molecule has 1 aliphatic heterocycles. The molecule has 2 amide bonds. The number of benzene rings is 1. The predicted molar refractivity (Wildman–Crippen MR) is 89.5 cm³/mol. The number of likely N-dealkylation sites (tertiary alicyclic amines) is 1. The fourth-order valence-corrected chi connectivity index (χ4v) is 2.83. The number of aryl methyl sites for hydroxylation is 1. The van der Waals surface area contributed by atoms with Crippen molar-refractivity contribution in [1.29, 1.82) is 0 Å². The van der Waals surface area contributed by atoms with E-state index >= 15 is 0 Å². The SMILES string of the molecule is COC(=O)CCC(=O)N1CCC(NC(=O)c2ccccc2C)CC1. The summed E-state index contributed by atoms with van der Waals surface area (Å²) in [4.78, 5) is 37.2. The summed E-state index contributed by atoms with van der Waals surface area (Å²) < 4.78 is 4.54. The van der Waals surface area contributed by atoms with Gasteiger partial charge >= 0.3 is 5.97 Å². The summed E-state index contributed by atoms with van der Waals surface area (Å²) in [5.41, 5.74) is 1.64. The molecule has 0 atom stereocenters. The molecule has 130 valence electrons. The second-order valence-corrected chi connectivity index (χ2v) is 6.02. The van der Waals surface area contributed by atoms with Gasteiger partial charge in [-0.3, -0.25) is 14.4 Å². The van der Waals surface area contributed by atoms with E-state index in [4.69, 9.17) is 0 Å². The van der Waals surface area contributed by atoms with Gasteiger partial charge < -0.3 is 15.0 Å². The average Bonchev–Trinajstić information content (AvgIpc) is 2.60.